The van der Waals surface area contributed by atoms with Gasteiger partial charge < -0.3 is 9.84 Å². The van der Waals surface area contributed by atoms with Gasteiger partial charge in [-0.05, 0) is 49.4 Å². The monoisotopic (exact) mass is 437 g/mol. The molecule has 1 unspecified atom stereocenters. The van der Waals surface area contributed by atoms with Crippen molar-refractivity contribution in [1.29, 1.82) is 0 Å². The first-order chi connectivity index (χ1) is 15.5. The van der Waals surface area contributed by atoms with Crippen LogP contribution in [0.3, 0.4) is 0 Å². The quantitative estimate of drug-likeness (QED) is 0.444. The first kappa shape index (κ1) is 22.5. The number of para-hydroxylation sites is 1. The summed E-state index contributed by atoms with van der Waals surface area (Å²) in [6.45, 7) is 7.49. The van der Waals surface area contributed by atoms with Gasteiger partial charge in [0.25, 0.3) is 0 Å². The van der Waals surface area contributed by atoms with Crippen LogP contribution in [-0.2, 0) is 6.54 Å². The average molecular weight is 438 g/mol. The van der Waals surface area contributed by atoms with Gasteiger partial charge in [-0.25, -0.2) is 9.07 Å². The second kappa shape index (κ2) is 9.84. The van der Waals surface area contributed by atoms with Crippen LogP contribution in [0.2, 0.25) is 0 Å². The van der Waals surface area contributed by atoms with Crippen molar-refractivity contribution < 1.29 is 14.2 Å². The second-order valence-corrected chi connectivity index (χ2v) is 8.85. The fraction of sp³-hybridized carbons (Fsp3) is 0.423. The fourth-order valence-electron chi connectivity index (χ4n) is 3.94. The number of halogens is 1. The van der Waals surface area contributed by atoms with Crippen molar-refractivity contribution >= 4 is 0 Å². The predicted octanol–water partition coefficient (Wildman–Crippen LogP) is 5.66. The molecule has 1 aliphatic rings. The Morgan fingerprint density at radius 3 is 2.53 bits per heavy atom. The fourth-order valence-corrected chi connectivity index (χ4v) is 3.94. The molecule has 5 nitrogen and oxygen atoms in total. The molecular formula is C26H32FN3O2. The van der Waals surface area contributed by atoms with Crippen molar-refractivity contribution in [2.75, 3.05) is 6.54 Å². The van der Waals surface area contributed by atoms with E-state index < -0.39 is 0 Å². The molecule has 1 fully saturated rings. The Kier molecular flexibility index (Phi) is 6.92. The standard InChI is InChI=1S/C26H32FN3O2/c1-4-22(31)16-29(20-13-14-20)17-24-25(18(2)3)28-30(21-10-6-5-7-11-21)26(24)32-23-12-8-9-19(27)15-23/h5-12,15,18,20,22,31H,4,13-14,16-17H2,1-3H3. The maximum Gasteiger partial charge on any atom is 0.227 e. The van der Waals surface area contributed by atoms with Gasteiger partial charge in [0, 0.05) is 25.2 Å². The number of hydrogen-bond acceptors (Lipinski definition) is 4. The minimum absolute atomic E-state index is 0.182. The Hall–Kier alpha value is -2.70. The van der Waals surface area contributed by atoms with Gasteiger partial charge in [-0.15, -0.1) is 0 Å². The lowest BCUT2D eigenvalue weighted by molar-refractivity contribution is 0.100. The maximum atomic E-state index is 13.9. The van der Waals surface area contributed by atoms with Gasteiger partial charge >= 0.3 is 0 Å². The number of aliphatic hydroxyl groups is 1. The normalized spacial score (nSPS) is 14.8. The number of aliphatic hydroxyl groups excluding tert-OH is 1. The van der Waals surface area contributed by atoms with Crippen molar-refractivity contribution in [1.82, 2.24) is 14.7 Å². The topological polar surface area (TPSA) is 50.5 Å². The predicted molar refractivity (Wildman–Crippen MR) is 124 cm³/mol. The maximum absolute atomic E-state index is 13.9. The zero-order chi connectivity index (χ0) is 22.7. The van der Waals surface area contributed by atoms with E-state index in [-0.39, 0.29) is 17.8 Å². The molecule has 170 valence electrons. The highest BCUT2D eigenvalue weighted by Crippen LogP contribution is 2.37. The molecule has 1 N–H and O–H groups in total. The van der Waals surface area contributed by atoms with Crippen molar-refractivity contribution in [3.8, 4) is 17.3 Å². The van der Waals surface area contributed by atoms with E-state index in [2.05, 4.69) is 18.7 Å². The third-order valence-electron chi connectivity index (χ3n) is 5.87. The summed E-state index contributed by atoms with van der Waals surface area (Å²) >= 11 is 0. The molecule has 0 radical (unpaired) electrons. The van der Waals surface area contributed by atoms with E-state index in [1.54, 1.807) is 12.1 Å². The molecular weight excluding hydrogens is 405 g/mol. The van der Waals surface area contributed by atoms with Crippen molar-refractivity contribution in [3.05, 3.63) is 71.7 Å². The number of benzene rings is 2. The highest BCUT2D eigenvalue weighted by Gasteiger charge is 2.33. The molecule has 4 rings (SSSR count). The van der Waals surface area contributed by atoms with Crippen LogP contribution in [-0.4, -0.2) is 38.5 Å². The summed E-state index contributed by atoms with van der Waals surface area (Å²) in [5.74, 6) is 0.874. The molecule has 1 aliphatic carbocycles. The summed E-state index contributed by atoms with van der Waals surface area (Å²) in [5.41, 5.74) is 2.83. The van der Waals surface area contributed by atoms with Crippen LogP contribution in [0.25, 0.3) is 5.69 Å². The van der Waals surface area contributed by atoms with E-state index in [4.69, 9.17) is 9.84 Å². The molecule has 1 atom stereocenters. The Labute approximate surface area is 189 Å². The summed E-state index contributed by atoms with van der Waals surface area (Å²) in [7, 11) is 0. The van der Waals surface area contributed by atoms with Gasteiger partial charge in [-0.1, -0.05) is 45.0 Å². The summed E-state index contributed by atoms with van der Waals surface area (Å²) in [6.07, 6.45) is 2.63. The van der Waals surface area contributed by atoms with Crippen molar-refractivity contribution in [2.45, 2.75) is 64.6 Å². The molecule has 0 amide bonds. The molecule has 32 heavy (non-hydrogen) atoms. The largest absolute Gasteiger partial charge is 0.438 e. The summed E-state index contributed by atoms with van der Waals surface area (Å²) in [5, 5.41) is 15.3. The smallest absolute Gasteiger partial charge is 0.227 e. The second-order valence-electron chi connectivity index (χ2n) is 8.85. The SMILES string of the molecule is CCC(O)CN(Cc1c(C(C)C)nn(-c2ccccc2)c1Oc1cccc(F)c1)C1CC1. The third-order valence-corrected chi connectivity index (χ3v) is 5.87. The van der Waals surface area contributed by atoms with Crippen molar-refractivity contribution in [2.24, 2.45) is 0 Å². The van der Waals surface area contributed by atoms with E-state index in [0.717, 1.165) is 36.2 Å². The van der Waals surface area contributed by atoms with Crippen LogP contribution < -0.4 is 4.74 Å². The molecule has 0 spiro atoms. The zero-order valence-electron chi connectivity index (χ0n) is 19.0. The minimum atomic E-state index is -0.366. The van der Waals surface area contributed by atoms with Crippen LogP contribution in [0, 0.1) is 5.82 Å². The number of ether oxygens (including phenoxy) is 1. The van der Waals surface area contributed by atoms with Crippen LogP contribution >= 0.6 is 0 Å². The number of hydrogen-bond donors (Lipinski definition) is 1. The summed E-state index contributed by atoms with van der Waals surface area (Å²) in [4.78, 5) is 2.34. The van der Waals surface area contributed by atoms with Crippen LogP contribution in [0.4, 0.5) is 4.39 Å². The summed E-state index contributed by atoms with van der Waals surface area (Å²) in [6, 6.07) is 16.5. The molecule has 0 aliphatic heterocycles. The molecule has 6 heteroatoms. The number of nitrogens with zero attached hydrogens (tertiary/aromatic N) is 3. The number of rotatable bonds is 10. The van der Waals surface area contributed by atoms with Gasteiger partial charge in [-0.3, -0.25) is 4.90 Å². The molecule has 1 aromatic heterocycles. The van der Waals surface area contributed by atoms with Gasteiger partial charge in [0.05, 0.1) is 23.0 Å². The van der Waals surface area contributed by atoms with Crippen molar-refractivity contribution in [3.63, 3.8) is 0 Å². The minimum Gasteiger partial charge on any atom is -0.438 e. The third kappa shape index (κ3) is 5.19. The molecule has 2 aromatic carbocycles. The van der Waals surface area contributed by atoms with E-state index >= 15 is 0 Å². The van der Waals surface area contributed by atoms with E-state index in [0.29, 0.717) is 30.8 Å². The van der Waals surface area contributed by atoms with Gasteiger partial charge in [0.15, 0.2) is 0 Å². The Morgan fingerprint density at radius 2 is 1.91 bits per heavy atom. The van der Waals surface area contributed by atoms with Crippen LogP contribution in [0.1, 0.15) is 57.2 Å². The van der Waals surface area contributed by atoms with Crippen LogP contribution in [0.5, 0.6) is 11.6 Å². The Balaban J connectivity index is 1.79. The molecule has 0 saturated heterocycles. The van der Waals surface area contributed by atoms with Crippen LogP contribution in [0.15, 0.2) is 54.6 Å². The number of aromatic nitrogens is 2. The Bertz CT molecular complexity index is 1030. The van der Waals surface area contributed by atoms with E-state index in [1.165, 1.54) is 12.1 Å². The van der Waals surface area contributed by atoms with Gasteiger partial charge in [0.2, 0.25) is 5.88 Å². The van der Waals surface area contributed by atoms with Gasteiger partial charge in [0.1, 0.15) is 11.6 Å². The molecule has 1 saturated carbocycles. The molecule has 0 bridgehead atoms. The van der Waals surface area contributed by atoms with E-state index in [1.807, 2.05) is 41.9 Å². The molecule has 1 heterocycles. The molecule has 3 aromatic rings. The van der Waals surface area contributed by atoms with Gasteiger partial charge in [-0.2, -0.15) is 5.10 Å². The first-order valence-corrected chi connectivity index (χ1v) is 11.5. The lowest BCUT2D eigenvalue weighted by atomic mass is 10.0. The lowest BCUT2D eigenvalue weighted by Gasteiger charge is -2.25. The highest BCUT2D eigenvalue weighted by molar-refractivity contribution is 5.44. The average Bonchev–Trinajstić information content (AvgIpc) is 3.57. The highest BCUT2D eigenvalue weighted by atomic mass is 19.1. The lowest BCUT2D eigenvalue weighted by Crippen LogP contribution is -2.33. The zero-order valence-corrected chi connectivity index (χ0v) is 19.0. The summed E-state index contributed by atoms with van der Waals surface area (Å²) < 4.78 is 22.0. The Morgan fingerprint density at radius 1 is 1.16 bits per heavy atom. The first-order valence-electron chi connectivity index (χ1n) is 11.5. The van der Waals surface area contributed by atoms with E-state index in [9.17, 15) is 9.50 Å².